The zero-order valence-corrected chi connectivity index (χ0v) is 30.1. The van der Waals surface area contributed by atoms with Gasteiger partial charge in [-0.3, -0.25) is 14.5 Å². The van der Waals surface area contributed by atoms with E-state index in [9.17, 15) is 14.7 Å². The Kier molecular flexibility index (Phi) is 10.9. The number of carbonyl (C=O) groups excluding carboxylic acids is 2. The van der Waals surface area contributed by atoms with E-state index in [1.54, 1.807) is 6.07 Å². The van der Waals surface area contributed by atoms with Crippen LogP contribution in [-0.4, -0.2) is 47.7 Å². The molecule has 1 aliphatic rings. The van der Waals surface area contributed by atoms with E-state index < -0.39 is 30.4 Å². The second-order valence-corrected chi connectivity index (χ2v) is 13.8. The molecule has 8 heteroatoms. The summed E-state index contributed by atoms with van der Waals surface area (Å²) in [5.41, 5.74) is 5.42. The number of amides is 1. The van der Waals surface area contributed by atoms with E-state index in [1.165, 1.54) is 41.0 Å². The molecule has 6 aromatic rings. The summed E-state index contributed by atoms with van der Waals surface area (Å²) in [5.74, 6) is -1.14. The smallest absolute Gasteiger partial charge is 0.303 e. The first kappa shape index (κ1) is 36.0. The Morgan fingerprint density at radius 2 is 1.42 bits per heavy atom. The lowest BCUT2D eigenvalue weighted by atomic mass is 9.83. The Balaban J connectivity index is 1.25. The Labute approximate surface area is 309 Å². The van der Waals surface area contributed by atoms with Gasteiger partial charge in [0.1, 0.15) is 0 Å². The van der Waals surface area contributed by atoms with E-state index in [0.29, 0.717) is 18.8 Å². The zero-order chi connectivity index (χ0) is 36.9. The van der Waals surface area contributed by atoms with Gasteiger partial charge in [0.05, 0.1) is 18.8 Å². The lowest BCUT2D eigenvalue weighted by Crippen LogP contribution is -2.43. The number of benzene rings is 6. The van der Waals surface area contributed by atoms with E-state index in [2.05, 4.69) is 84.0 Å². The molecule has 0 bridgehead atoms. The number of hydrogen-bond donors (Lipinski definition) is 2. The third-order valence-electron chi connectivity index (χ3n) is 9.91. The summed E-state index contributed by atoms with van der Waals surface area (Å²) < 4.78 is 19.0. The second kappa shape index (κ2) is 16.1. The minimum Gasteiger partial charge on any atom is -0.453 e. The predicted molar refractivity (Wildman–Crippen MR) is 207 cm³/mol. The number of esters is 1. The van der Waals surface area contributed by atoms with Crippen LogP contribution in [-0.2, 0) is 37.0 Å². The number of likely N-dealkylation sites (N-methyl/N-ethyl adjacent to an activating group) is 1. The van der Waals surface area contributed by atoms with Crippen molar-refractivity contribution in [3.8, 4) is 0 Å². The van der Waals surface area contributed by atoms with Crippen molar-refractivity contribution in [3.63, 3.8) is 0 Å². The summed E-state index contributed by atoms with van der Waals surface area (Å²) in [6.45, 7) is 4.05. The lowest BCUT2D eigenvalue weighted by Gasteiger charge is -2.44. The number of fused-ring (bicyclic) bond motifs is 2. The number of hydrogen-bond acceptors (Lipinski definition) is 7. The maximum Gasteiger partial charge on any atom is 0.303 e. The maximum atomic E-state index is 12.8. The van der Waals surface area contributed by atoms with Crippen molar-refractivity contribution in [1.82, 2.24) is 4.90 Å². The molecular weight excluding hydrogens is 665 g/mol. The average molecular weight is 709 g/mol. The van der Waals surface area contributed by atoms with Crippen LogP contribution in [0, 0.1) is 0 Å². The molecule has 0 saturated carbocycles. The van der Waals surface area contributed by atoms with Crippen LogP contribution < -0.4 is 5.32 Å². The van der Waals surface area contributed by atoms with E-state index in [0.717, 1.165) is 22.3 Å². The number of rotatable bonds is 11. The van der Waals surface area contributed by atoms with Crippen LogP contribution in [0.4, 0.5) is 5.69 Å². The number of nitrogens with one attached hydrogen (secondary N) is 1. The van der Waals surface area contributed by atoms with Crippen molar-refractivity contribution in [2.45, 2.75) is 57.5 Å². The molecule has 5 unspecified atom stereocenters. The number of carbonyl (C=O) groups is 2. The van der Waals surface area contributed by atoms with Crippen LogP contribution in [0.5, 0.6) is 0 Å². The third kappa shape index (κ3) is 8.16. The van der Waals surface area contributed by atoms with Crippen molar-refractivity contribution >= 4 is 39.1 Å². The fraction of sp³-hybridized carbons (Fsp3) is 0.244. The van der Waals surface area contributed by atoms with E-state index in [4.69, 9.17) is 14.2 Å². The maximum absolute atomic E-state index is 12.8. The van der Waals surface area contributed by atoms with Gasteiger partial charge in [-0.2, -0.15) is 0 Å². The van der Waals surface area contributed by atoms with Gasteiger partial charge in [0.15, 0.2) is 12.4 Å². The molecular formula is C45H44N2O6. The predicted octanol–water partition coefficient (Wildman–Crippen LogP) is 8.45. The van der Waals surface area contributed by atoms with Crippen LogP contribution in [0.3, 0.4) is 0 Å². The highest BCUT2D eigenvalue weighted by atomic mass is 16.7. The molecule has 1 fully saturated rings. The Morgan fingerprint density at radius 3 is 2.08 bits per heavy atom. The van der Waals surface area contributed by atoms with Crippen LogP contribution in [0.25, 0.3) is 21.5 Å². The van der Waals surface area contributed by atoms with Crippen LogP contribution in [0.1, 0.15) is 60.0 Å². The fourth-order valence-corrected chi connectivity index (χ4v) is 7.39. The lowest BCUT2D eigenvalue weighted by molar-refractivity contribution is -0.263. The Bertz CT molecular complexity index is 2150. The van der Waals surface area contributed by atoms with Crippen LogP contribution >= 0.6 is 0 Å². The summed E-state index contributed by atoms with van der Waals surface area (Å²) in [6, 6.07) is 45.0. The molecule has 0 radical (unpaired) electrons. The molecule has 1 saturated heterocycles. The number of nitrogens with zero attached hydrogens (tertiary/aromatic N) is 1. The van der Waals surface area contributed by atoms with Gasteiger partial charge in [-0.15, -0.1) is 0 Å². The normalized spacial score (nSPS) is 19.3. The van der Waals surface area contributed by atoms with Crippen molar-refractivity contribution in [2.24, 2.45) is 0 Å². The molecule has 2 N–H and O–H groups in total. The monoisotopic (exact) mass is 708 g/mol. The summed E-state index contributed by atoms with van der Waals surface area (Å²) in [4.78, 5) is 26.6. The van der Waals surface area contributed by atoms with Crippen LogP contribution in [0.2, 0.25) is 0 Å². The summed E-state index contributed by atoms with van der Waals surface area (Å²) >= 11 is 0. The molecule has 6 aromatic carbocycles. The molecule has 270 valence electrons. The van der Waals surface area contributed by atoms with E-state index >= 15 is 0 Å². The second-order valence-electron chi connectivity index (χ2n) is 13.8. The summed E-state index contributed by atoms with van der Waals surface area (Å²) in [5, 5.41) is 17.5. The largest absolute Gasteiger partial charge is 0.453 e. The molecule has 1 aliphatic heterocycles. The first-order valence-electron chi connectivity index (χ1n) is 18.0. The highest BCUT2D eigenvalue weighted by molar-refractivity contribution is 6.02. The van der Waals surface area contributed by atoms with Crippen molar-refractivity contribution in [1.29, 1.82) is 0 Å². The van der Waals surface area contributed by atoms with Gasteiger partial charge in [0, 0.05) is 37.2 Å². The SMILES string of the molecule is CC(=O)OC(C)C(=O)Nc1cccc(C2OC(CN(C)Cc3c4ccccc4cc4ccccc34)C(c3ccccc3)C(c3ccc(CO)cc3)O2)c1. The van der Waals surface area contributed by atoms with Crippen molar-refractivity contribution in [3.05, 3.63) is 161 Å². The molecule has 1 amide bonds. The first-order valence-corrected chi connectivity index (χ1v) is 18.0. The summed E-state index contributed by atoms with van der Waals surface area (Å²) in [6.07, 6.45) is -2.43. The minimum atomic E-state index is -0.949. The zero-order valence-electron chi connectivity index (χ0n) is 30.1. The molecule has 7 rings (SSSR count). The number of anilines is 1. The number of aliphatic hydroxyl groups excluding tert-OH is 1. The minimum absolute atomic E-state index is 0.0511. The Hall–Kier alpha value is -5.38. The molecule has 0 aliphatic carbocycles. The average Bonchev–Trinajstić information content (AvgIpc) is 3.17. The van der Waals surface area contributed by atoms with Gasteiger partial charge in [-0.1, -0.05) is 115 Å². The molecule has 0 spiro atoms. The Morgan fingerprint density at radius 1 is 0.774 bits per heavy atom. The highest BCUT2D eigenvalue weighted by Crippen LogP contribution is 2.47. The highest BCUT2D eigenvalue weighted by Gasteiger charge is 2.42. The van der Waals surface area contributed by atoms with Gasteiger partial charge in [0.2, 0.25) is 0 Å². The van der Waals surface area contributed by atoms with Gasteiger partial charge >= 0.3 is 5.97 Å². The molecule has 53 heavy (non-hydrogen) atoms. The number of ether oxygens (including phenoxy) is 3. The van der Waals surface area contributed by atoms with Crippen molar-refractivity contribution in [2.75, 3.05) is 18.9 Å². The first-order chi connectivity index (χ1) is 25.8. The molecule has 0 aromatic heterocycles. The standard InChI is InChI=1S/C45H44N2O6/c1-29(51-30(2)49)44(50)46-37-17-11-16-36(25-37)45-52-41(42(32-12-5-4-6-13-32)43(53-45)33-22-20-31(28-48)21-23-33)27-47(3)26-40-38-18-9-7-14-34(38)24-35-15-8-10-19-39(35)40/h4-25,29,41-43,45,48H,26-28H2,1-3H3,(H,46,50). The quantitative estimate of drug-likeness (QED) is 0.103. The van der Waals surface area contributed by atoms with Gasteiger partial charge in [-0.25, -0.2) is 0 Å². The van der Waals surface area contributed by atoms with E-state index in [-0.39, 0.29) is 18.6 Å². The fourth-order valence-electron chi connectivity index (χ4n) is 7.39. The van der Waals surface area contributed by atoms with Gasteiger partial charge in [-0.05, 0) is 76.0 Å². The topological polar surface area (TPSA) is 97.3 Å². The van der Waals surface area contributed by atoms with Crippen LogP contribution in [0.15, 0.2) is 133 Å². The molecule has 8 nitrogen and oxygen atoms in total. The van der Waals surface area contributed by atoms with Gasteiger partial charge in [0.25, 0.3) is 5.91 Å². The van der Waals surface area contributed by atoms with Gasteiger partial charge < -0.3 is 24.6 Å². The molecule has 5 atom stereocenters. The number of aliphatic hydroxyl groups is 1. The summed E-state index contributed by atoms with van der Waals surface area (Å²) in [7, 11) is 2.14. The molecule has 1 heterocycles. The third-order valence-corrected chi connectivity index (χ3v) is 9.91. The van der Waals surface area contributed by atoms with Crippen molar-refractivity contribution < 1.29 is 28.9 Å². The van der Waals surface area contributed by atoms with E-state index in [1.807, 2.05) is 60.7 Å².